The van der Waals surface area contributed by atoms with Gasteiger partial charge < -0.3 is 14.5 Å². The summed E-state index contributed by atoms with van der Waals surface area (Å²) in [7, 11) is 0. The molecule has 1 heterocycles. The Kier molecular flexibility index (Phi) is 6.58. The zero-order valence-corrected chi connectivity index (χ0v) is 13.6. The van der Waals surface area contributed by atoms with Crippen LogP contribution in [0, 0.1) is 0 Å². The maximum absolute atomic E-state index is 6.01. The van der Waals surface area contributed by atoms with Gasteiger partial charge in [-0.05, 0) is 37.3 Å². The molecule has 21 heavy (non-hydrogen) atoms. The number of quaternary nitrogens is 1. The first kappa shape index (κ1) is 16.4. The van der Waals surface area contributed by atoms with E-state index >= 15 is 0 Å². The van der Waals surface area contributed by atoms with Crippen LogP contribution in [0.5, 0.6) is 0 Å². The van der Waals surface area contributed by atoms with Crippen LogP contribution < -0.4 is 5.32 Å². The topological polar surface area (TPSA) is 39.0 Å². The third-order valence-electron chi connectivity index (χ3n) is 3.06. The third kappa shape index (κ3) is 5.36. The van der Waals surface area contributed by atoms with E-state index in [1.165, 1.54) is 0 Å². The average Bonchev–Trinajstić information content (AvgIpc) is 2.90. The Bertz CT molecular complexity index is 549. The van der Waals surface area contributed by atoms with Crippen LogP contribution in [0.4, 0.5) is 0 Å². The van der Waals surface area contributed by atoms with Gasteiger partial charge in [0.2, 0.25) is 0 Å². The Morgan fingerprint density at radius 3 is 2.62 bits per heavy atom. The van der Waals surface area contributed by atoms with Crippen LogP contribution in [0.1, 0.15) is 19.1 Å². The second kappa shape index (κ2) is 8.44. The van der Waals surface area contributed by atoms with Crippen molar-refractivity contribution in [2.75, 3.05) is 19.8 Å². The van der Waals surface area contributed by atoms with Gasteiger partial charge in [-0.3, -0.25) is 0 Å². The van der Waals surface area contributed by atoms with Gasteiger partial charge in [-0.1, -0.05) is 23.2 Å². The summed E-state index contributed by atoms with van der Waals surface area (Å²) in [6, 6.07) is 9.35. The van der Waals surface area contributed by atoms with Crippen molar-refractivity contribution in [1.29, 1.82) is 0 Å². The molecule has 0 atom stereocenters. The van der Waals surface area contributed by atoms with Crippen molar-refractivity contribution in [3.05, 3.63) is 46.1 Å². The number of ether oxygens (including phenoxy) is 1. The predicted octanol–water partition coefficient (Wildman–Crippen LogP) is 3.74. The molecule has 2 aromatic rings. The Labute approximate surface area is 135 Å². The molecule has 1 aromatic heterocycles. The minimum atomic E-state index is 0.609. The largest absolute Gasteiger partial charge is 0.455 e. The molecule has 114 valence electrons. The molecule has 3 nitrogen and oxygen atoms in total. The van der Waals surface area contributed by atoms with Crippen LogP contribution in [0.25, 0.3) is 11.3 Å². The van der Waals surface area contributed by atoms with Gasteiger partial charge in [0.25, 0.3) is 0 Å². The molecule has 2 rings (SSSR count). The first-order valence-electron chi connectivity index (χ1n) is 7.13. The van der Waals surface area contributed by atoms with Gasteiger partial charge in [-0.25, -0.2) is 0 Å². The van der Waals surface area contributed by atoms with Gasteiger partial charge in [0.15, 0.2) is 5.76 Å². The Morgan fingerprint density at radius 2 is 1.90 bits per heavy atom. The van der Waals surface area contributed by atoms with Crippen LogP contribution >= 0.6 is 23.2 Å². The van der Waals surface area contributed by atoms with Gasteiger partial charge >= 0.3 is 0 Å². The quantitative estimate of drug-likeness (QED) is 0.749. The lowest BCUT2D eigenvalue weighted by Gasteiger charge is -2.01. The predicted molar refractivity (Wildman–Crippen MR) is 85.8 cm³/mol. The van der Waals surface area contributed by atoms with E-state index in [0.29, 0.717) is 10.0 Å². The fraction of sp³-hybridized carbons (Fsp3) is 0.375. The molecular formula is C16H20Cl2NO2+. The Morgan fingerprint density at radius 1 is 1.14 bits per heavy atom. The Balaban J connectivity index is 1.86. The lowest BCUT2D eigenvalue weighted by atomic mass is 10.2. The standard InChI is InChI=1S/C16H19Cl2NO2/c1-2-20-7-3-6-19-11-15-4-5-16(21-15)12-8-13(17)10-14(18)9-12/h4-5,8-10,19H,2-3,6-7,11H2,1H3/p+1. The van der Waals surface area contributed by atoms with Crippen molar-refractivity contribution in [2.24, 2.45) is 0 Å². The number of benzene rings is 1. The molecule has 0 spiro atoms. The monoisotopic (exact) mass is 328 g/mol. The fourth-order valence-corrected chi connectivity index (χ4v) is 2.58. The second-order valence-electron chi connectivity index (χ2n) is 4.76. The highest BCUT2D eigenvalue weighted by Crippen LogP contribution is 2.28. The van der Waals surface area contributed by atoms with E-state index in [9.17, 15) is 0 Å². The maximum atomic E-state index is 6.01. The van der Waals surface area contributed by atoms with Gasteiger partial charge in [-0.15, -0.1) is 0 Å². The lowest BCUT2D eigenvalue weighted by Crippen LogP contribution is -2.82. The molecule has 1 aromatic carbocycles. The van der Waals surface area contributed by atoms with E-state index in [-0.39, 0.29) is 0 Å². The molecule has 0 bridgehead atoms. The van der Waals surface area contributed by atoms with Crippen molar-refractivity contribution in [1.82, 2.24) is 0 Å². The van der Waals surface area contributed by atoms with E-state index < -0.39 is 0 Å². The third-order valence-corrected chi connectivity index (χ3v) is 3.49. The summed E-state index contributed by atoms with van der Waals surface area (Å²) in [6.07, 6.45) is 1.05. The highest BCUT2D eigenvalue weighted by molar-refractivity contribution is 6.35. The molecule has 0 amide bonds. The first-order valence-corrected chi connectivity index (χ1v) is 7.89. The number of nitrogens with two attached hydrogens (primary N) is 1. The number of furan rings is 1. The van der Waals surface area contributed by atoms with Crippen LogP contribution in [0.3, 0.4) is 0 Å². The normalized spacial score (nSPS) is 11.0. The number of hydrogen-bond acceptors (Lipinski definition) is 2. The highest BCUT2D eigenvalue weighted by atomic mass is 35.5. The van der Waals surface area contributed by atoms with Crippen molar-refractivity contribution in [3.8, 4) is 11.3 Å². The van der Waals surface area contributed by atoms with E-state index in [1.807, 2.05) is 31.2 Å². The van der Waals surface area contributed by atoms with E-state index in [4.69, 9.17) is 32.4 Å². The average molecular weight is 329 g/mol. The zero-order chi connectivity index (χ0) is 15.1. The summed E-state index contributed by atoms with van der Waals surface area (Å²) >= 11 is 12.0. The number of hydrogen-bond donors (Lipinski definition) is 1. The number of halogens is 2. The van der Waals surface area contributed by atoms with Gasteiger partial charge in [-0.2, -0.15) is 0 Å². The summed E-state index contributed by atoms with van der Waals surface area (Å²) in [5.41, 5.74) is 0.898. The molecule has 0 unspecified atom stereocenters. The Hall–Kier alpha value is -1.00. The van der Waals surface area contributed by atoms with Gasteiger partial charge in [0.05, 0.1) is 13.2 Å². The van der Waals surface area contributed by atoms with E-state index in [1.54, 1.807) is 6.07 Å². The zero-order valence-electron chi connectivity index (χ0n) is 12.1. The van der Waals surface area contributed by atoms with Gasteiger partial charge in [0, 0.05) is 28.6 Å². The highest BCUT2D eigenvalue weighted by Gasteiger charge is 2.08. The smallest absolute Gasteiger partial charge is 0.158 e. The molecule has 0 aliphatic rings. The maximum Gasteiger partial charge on any atom is 0.158 e. The van der Waals surface area contributed by atoms with Crippen molar-refractivity contribution in [3.63, 3.8) is 0 Å². The van der Waals surface area contributed by atoms with E-state index in [2.05, 4.69) is 5.32 Å². The van der Waals surface area contributed by atoms with Crippen LogP contribution in [-0.2, 0) is 11.3 Å². The minimum Gasteiger partial charge on any atom is -0.455 e. The van der Waals surface area contributed by atoms with Crippen LogP contribution in [0.15, 0.2) is 34.7 Å². The molecule has 0 fully saturated rings. The van der Waals surface area contributed by atoms with Gasteiger partial charge in [0.1, 0.15) is 12.3 Å². The van der Waals surface area contributed by atoms with Crippen molar-refractivity contribution >= 4 is 23.2 Å². The van der Waals surface area contributed by atoms with Crippen LogP contribution in [-0.4, -0.2) is 19.8 Å². The lowest BCUT2D eigenvalue weighted by molar-refractivity contribution is -0.672. The molecular weight excluding hydrogens is 309 g/mol. The van der Waals surface area contributed by atoms with E-state index in [0.717, 1.165) is 49.8 Å². The summed E-state index contributed by atoms with van der Waals surface area (Å²) < 4.78 is 11.1. The molecule has 0 aliphatic carbocycles. The summed E-state index contributed by atoms with van der Waals surface area (Å²) in [4.78, 5) is 0. The summed E-state index contributed by atoms with van der Waals surface area (Å²) in [5, 5.41) is 3.43. The molecule has 0 aliphatic heterocycles. The van der Waals surface area contributed by atoms with Crippen molar-refractivity contribution < 1.29 is 14.5 Å². The molecule has 2 N–H and O–H groups in total. The first-order chi connectivity index (χ1) is 10.2. The second-order valence-corrected chi connectivity index (χ2v) is 5.63. The molecule has 5 heteroatoms. The minimum absolute atomic E-state index is 0.609. The summed E-state index contributed by atoms with van der Waals surface area (Å²) in [5.74, 6) is 1.73. The number of rotatable bonds is 8. The SMILES string of the molecule is CCOCCC[NH2+]Cc1ccc(-c2cc(Cl)cc(Cl)c2)o1. The summed E-state index contributed by atoms with van der Waals surface area (Å²) in [6.45, 7) is 5.46. The molecule has 0 radical (unpaired) electrons. The fourth-order valence-electron chi connectivity index (χ4n) is 2.06. The van der Waals surface area contributed by atoms with Crippen LogP contribution in [0.2, 0.25) is 10.0 Å². The molecule has 0 saturated heterocycles. The van der Waals surface area contributed by atoms with Crippen molar-refractivity contribution in [2.45, 2.75) is 19.9 Å². The molecule has 0 saturated carbocycles.